The number of aliphatic hydroxyl groups is 1. The number of methoxy groups -OCH3 is 1. The van der Waals surface area contributed by atoms with Crippen molar-refractivity contribution >= 4 is 5.91 Å². The van der Waals surface area contributed by atoms with Gasteiger partial charge in [-0.05, 0) is 50.3 Å². The van der Waals surface area contributed by atoms with E-state index in [9.17, 15) is 9.90 Å². The van der Waals surface area contributed by atoms with Crippen molar-refractivity contribution in [2.75, 3.05) is 7.11 Å². The number of nitrogens with one attached hydrogen (secondary N) is 2. The molecule has 6 nitrogen and oxygen atoms in total. The minimum atomic E-state index is -0.797. The van der Waals surface area contributed by atoms with E-state index >= 15 is 0 Å². The fourth-order valence-electron chi connectivity index (χ4n) is 3.11. The van der Waals surface area contributed by atoms with Crippen molar-refractivity contribution in [3.05, 3.63) is 46.8 Å². The van der Waals surface area contributed by atoms with Crippen LogP contribution in [0.5, 0.6) is 5.75 Å². The Labute approximate surface area is 141 Å². The molecule has 2 atom stereocenters. The summed E-state index contributed by atoms with van der Waals surface area (Å²) in [5.74, 6) is 0.486. The number of carbonyl (C=O) groups excluding carboxylic acids is 1. The van der Waals surface area contributed by atoms with Gasteiger partial charge in [0.25, 0.3) is 5.91 Å². The lowest BCUT2D eigenvalue weighted by atomic mass is 9.95. The van der Waals surface area contributed by atoms with Gasteiger partial charge in [-0.3, -0.25) is 9.89 Å². The van der Waals surface area contributed by atoms with Crippen LogP contribution < -0.4 is 10.1 Å². The van der Waals surface area contributed by atoms with E-state index in [0.717, 1.165) is 48.3 Å². The normalized spacial score (nSPS) is 16.1. The van der Waals surface area contributed by atoms with E-state index in [1.165, 1.54) is 0 Å². The number of nitrogens with zero attached hydrogens (tertiary/aromatic N) is 1. The van der Waals surface area contributed by atoms with Crippen molar-refractivity contribution in [2.45, 2.75) is 44.8 Å². The predicted octanol–water partition coefficient (Wildman–Crippen LogP) is 2.15. The summed E-state index contributed by atoms with van der Waals surface area (Å²) in [5, 5.41) is 20.4. The SMILES string of the molecule is COc1ccc(C(O)C(C)NC(=O)c2n[nH]c3c2CCCC3)cc1. The largest absolute Gasteiger partial charge is 0.497 e. The van der Waals surface area contributed by atoms with Gasteiger partial charge in [-0.25, -0.2) is 0 Å². The summed E-state index contributed by atoms with van der Waals surface area (Å²) < 4.78 is 5.11. The summed E-state index contributed by atoms with van der Waals surface area (Å²) in [7, 11) is 1.60. The third-order valence-electron chi connectivity index (χ3n) is 4.56. The highest BCUT2D eigenvalue weighted by atomic mass is 16.5. The minimum Gasteiger partial charge on any atom is -0.497 e. The third-order valence-corrected chi connectivity index (χ3v) is 4.56. The number of aromatic nitrogens is 2. The fraction of sp³-hybridized carbons (Fsp3) is 0.444. The van der Waals surface area contributed by atoms with Gasteiger partial charge in [0.05, 0.1) is 19.3 Å². The lowest BCUT2D eigenvalue weighted by Crippen LogP contribution is -2.37. The molecular formula is C18H23N3O3. The number of hydrogen-bond acceptors (Lipinski definition) is 4. The average molecular weight is 329 g/mol. The second-order valence-corrected chi connectivity index (χ2v) is 6.22. The van der Waals surface area contributed by atoms with E-state index in [1.54, 1.807) is 38.3 Å². The molecule has 128 valence electrons. The van der Waals surface area contributed by atoms with Crippen molar-refractivity contribution < 1.29 is 14.6 Å². The molecule has 0 fully saturated rings. The first kappa shape index (κ1) is 16.5. The van der Waals surface area contributed by atoms with Crippen LogP contribution in [0.25, 0.3) is 0 Å². The summed E-state index contributed by atoms with van der Waals surface area (Å²) in [6, 6.07) is 6.74. The first-order chi connectivity index (χ1) is 11.6. The molecule has 0 radical (unpaired) electrons. The van der Waals surface area contributed by atoms with Crippen molar-refractivity contribution in [3.8, 4) is 5.75 Å². The Hall–Kier alpha value is -2.34. The maximum atomic E-state index is 12.5. The molecule has 2 aromatic rings. The molecule has 1 amide bonds. The summed E-state index contributed by atoms with van der Waals surface area (Å²) in [6.07, 6.45) is 3.23. The van der Waals surface area contributed by atoms with Gasteiger partial charge in [0.15, 0.2) is 5.69 Å². The Morgan fingerprint density at radius 1 is 1.29 bits per heavy atom. The van der Waals surface area contributed by atoms with Crippen LogP contribution >= 0.6 is 0 Å². The Kier molecular flexibility index (Phi) is 4.85. The van der Waals surface area contributed by atoms with E-state index in [4.69, 9.17) is 4.74 Å². The molecule has 3 N–H and O–H groups in total. The Morgan fingerprint density at radius 2 is 2.00 bits per heavy atom. The molecule has 0 saturated heterocycles. The number of carbonyl (C=O) groups is 1. The molecule has 1 aromatic heterocycles. The topological polar surface area (TPSA) is 87.2 Å². The third kappa shape index (κ3) is 3.28. The Balaban J connectivity index is 1.68. The van der Waals surface area contributed by atoms with Crippen LogP contribution in [-0.2, 0) is 12.8 Å². The molecular weight excluding hydrogens is 306 g/mol. The van der Waals surface area contributed by atoms with Gasteiger partial charge in [-0.1, -0.05) is 12.1 Å². The predicted molar refractivity (Wildman–Crippen MR) is 90.1 cm³/mol. The van der Waals surface area contributed by atoms with Crippen molar-refractivity contribution in [3.63, 3.8) is 0 Å². The van der Waals surface area contributed by atoms with Crippen LogP contribution in [0.2, 0.25) is 0 Å². The van der Waals surface area contributed by atoms with Crippen LogP contribution in [0, 0.1) is 0 Å². The lowest BCUT2D eigenvalue weighted by molar-refractivity contribution is 0.0846. The highest BCUT2D eigenvalue weighted by Crippen LogP contribution is 2.23. The zero-order valence-corrected chi connectivity index (χ0v) is 14.0. The van der Waals surface area contributed by atoms with Gasteiger partial charge in [0.2, 0.25) is 0 Å². The number of H-pyrrole nitrogens is 1. The van der Waals surface area contributed by atoms with Gasteiger partial charge >= 0.3 is 0 Å². The summed E-state index contributed by atoms with van der Waals surface area (Å²) >= 11 is 0. The fourth-order valence-corrected chi connectivity index (χ4v) is 3.11. The molecule has 2 unspecified atom stereocenters. The van der Waals surface area contributed by atoms with Crippen LogP contribution in [-0.4, -0.2) is 34.4 Å². The smallest absolute Gasteiger partial charge is 0.272 e. The van der Waals surface area contributed by atoms with E-state index < -0.39 is 12.1 Å². The number of aliphatic hydroxyl groups excluding tert-OH is 1. The molecule has 3 rings (SSSR count). The number of aryl methyl sites for hydroxylation is 1. The van der Waals surface area contributed by atoms with Gasteiger partial charge in [0.1, 0.15) is 5.75 Å². The van der Waals surface area contributed by atoms with E-state index in [1.807, 2.05) is 0 Å². The van der Waals surface area contributed by atoms with Gasteiger partial charge in [-0.15, -0.1) is 0 Å². The lowest BCUT2D eigenvalue weighted by Gasteiger charge is -2.21. The number of aromatic amines is 1. The second-order valence-electron chi connectivity index (χ2n) is 6.22. The van der Waals surface area contributed by atoms with Gasteiger partial charge in [-0.2, -0.15) is 5.10 Å². The Bertz CT molecular complexity index is 709. The molecule has 0 aliphatic heterocycles. The highest BCUT2D eigenvalue weighted by Gasteiger charge is 2.25. The minimum absolute atomic E-state index is 0.241. The number of fused-ring (bicyclic) bond motifs is 1. The first-order valence-corrected chi connectivity index (χ1v) is 8.29. The monoisotopic (exact) mass is 329 g/mol. The van der Waals surface area contributed by atoms with E-state index in [-0.39, 0.29) is 5.91 Å². The summed E-state index contributed by atoms with van der Waals surface area (Å²) in [6.45, 7) is 1.78. The van der Waals surface area contributed by atoms with Crippen molar-refractivity contribution in [1.29, 1.82) is 0 Å². The molecule has 6 heteroatoms. The number of rotatable bonds is 5. The van der Waals surface area contributed by atoms with Crippen molar-refractivity contribution in [2.24, 2.45) is 0 Å². The molecule has 0 bridgehead atoms. The number of ether oxygens (including phenoxy) is 1. The summed E-state index contributed by atoms with van der Waals surface area (Å²) in [4.78, 5) is 12.5. The maximum Gasteiger partial charge on any atom is 0.272 e. The molecule has 1 aliphatic carbocycles. The quantitative estimate of drug-likeness (QED) is 0.784. The summed E-state index contributed by atoms with van der Waals surface area (Å²) in [5.41, 5.74) is 3.27. The molecule has 0 saturated carbocycles. The molecule has 1 aliphatic rings. The molecule has 1 heterocycles. The zero-order chi connectivity index (χ0) is 17.1. The highest BCUT2D eigenvalue weighted by molar-refractivity contribution is 5.94. The molecule has 24 heavy (non-hydrogen) atoms. The number of amides is 1. The first-order valence-electron chi connectivity index (χ1n) is 8.29. The van der Waals surface area contributed by atoms with E-state index in [2.05, 4.69) is 15.5 Å². The Morgan fingerprint density at radius 3 is 2.71 bits per heavy atom. The number of benzene rings is 1. The second kappa shape index (κ2) is 7.05. The van der Waals surface area contributed by atoms with Crippen LogP contribution in [0.15, 0.2) is 24.3 Å². The van der Waals surface area contributed by atoms with E-state index in [0.29, 0.717) is 5.69 Å². The standard InChI is InChI=1S/C18H23N3O3/c1-11(17(22)12-7-9-13(24-2)10-8-12)19-18(23)16-14-5-3-4-6-15(14)20-21-16/h7-11,17,22H,3-6H2,1-2H3,(H,19,23)(H,20,21). The molecule has 0 spiro atoms. The van der Waals surface area contributed by atoms with Gasteiger partial charge < -0.3 is 15.2 Å². The molecule has 1 aromatic carbocycles. The maximum absolute atomic E-state index is 12.5. The van der Waals surface area contributed by atoms with Gasteiger partial charge in [0, 0.05) is 11.3 Å². The van der Waals surface area contributed by atoms with Crippen LogP contribution in [0.1, 0.15) is 53.2 Å². The number of hydrogen-bond donors (Lipinski definition) is 3. The van der Waals surface area contributed by atoms with Crippen LogP contribution in [0.4, 0.5) is 0 Å². The average Bonchev–Trinajstić information content (AvgIpc) is 3.05. The van der Waals surface area contributed by atoms with Crippen LogP contribution in [0.3, 0.4) is 0 Å². The van der Waals surface area contributed by atoms with Crippen molar-refractivity contribution in [1.82, 2.24) is 15.5 Å². The zero-order valence-electron chi connectivity index (χ0n) is 14.0.